The summed E-state index contributed by atoms with van der Waals surface area (Å²) in [6, 6.07) is 0. The summed E-state index contributed by atoms with van der Waals surface area (Å²) < 4.78 is 28.0. The summed E-state index contributed by atoms with van der Waals surface area (Å²) in [5.74, 6) is 0.200. The fourth-order valence-corrected chi connectivity index (χ4v) is 3.31. The third-order valence-corrected chi connectivity index (χ3v) is 4.49. The Morgan fingerprint density at radius 1 is 1.26 bits per heavy atom. The van der Waals surface area contributed by atoms with Gasteiger partial charge in [-0.05, 0) is 13.3 Å². The molecule has 0 aromatic rings. The van der Waals surface area contributed by atoms with Crippen molar-refractivity contribution in [3.63, 3.8) is 0 Å². The highest BCUT2D eigenvalue weighted by molar-refractivity contribution is 7.48. The number of phosphoric acid groups is 1. The molecule has 1 unspecified atom stereocenters. The fraction of sp³-hybridized carbons (Fsp3) is 0.923. The predicted octanol–water partition coefficient (Wildman–Crippen LogP) is 3.58. The van der Waals surface area contributed by atoms with Crippen molar-refractivity contribution >= 4 is 13.6 Å². The van der Waals surface area contributed by atoms with E-state index < -0.39 is 7.82 Å². The van der Waals surface area contributed by atoms with Crippen LogP contribution in [0, 0.1) is 11.3 Å². The van der Waals surface area contributed by atoms with E-state index in [1.54, 1.807) is 6.92 Å². The molecule has 0 radical (unpaired) electrons. The normalized spacial score (nSPS) is 23.3. The zero-order valence-electron chi connectivity index (χ0n) is 12.5. The number of ketones is 1. The van der Waals surface area contributed by atoms with Gasteiger partial charge in [0.2, 0.25) is 0 Å². The molecule has 0 aromatic heterocycles. The summed E-state index contributed by atoms with van der Waals surface area (Å²) >= 11 is 0. The van der Waals surface area contributed by atoms with Gasteiger partial charge in [-0.2, -0.15) is 0 Å². The van der Waals surface area contributed by atoms with Crippen molar-refractivity contribution < 1.29 is 22.9 Å². The molecule has 0 bridgehead atoms. The van der Waals surface area contributed by atoms with E-state index >= 15 is 0 Å². The summed E-state index contributed by atoms with van der Waals surface area (Å²) in [5, 5.41) is 0. The summed E-state index contributed by atoms with van der Waals surface area (Å²) in [5.41, 5.74) is -0.145. The number of phosphoric ester groups is 1. The first-order valence-electron chi connectivity index (χ1n) is 6.74. The monoisotopic (exact) mass is 292 g/mol. The van der Waals surface area contributed by atoms with Crippen LogP contribution in [0.25, 0.3) is 0 Å². The first-order chi connectivity index (χ1) is 8.64. The average molecular weight is 292 g/mol. The summed E-state index contributed by atoms with van der Waals surface area (Å²) in [6.07, 6.45) is 0.622. The van der Waals surface area contributed by atoms with Gasteiger partial charge in [0.15, 0.2) is 0 Å². The second-order valence-corrected chi connectivity index (χ2v) is 7.86. The molecule has 0 saturated carbocycles. The first-order valence-corrected chi connectivity index (χ1v) is 8.20. The molecular weight excluding hydrogens is 267 g/mol. The second kappa shape index (κ2) is 6.49. The Kier molecular flexibility index (Phi) is 5.75. The lowest BCUT2D eigenvalue weighted by Gasteiger charge is -2.34. The van der Waals surface area contributed by atoms with E-state index in [0.717, 1.165) is 0 Å². The smallest absolute Gasteiger partial charge is 0.299 e. The molecule has 19 heavy (non-hydrogen) atoms. The number of carbonyl (C=O) groups is 1. The van der Waals surface area contributed by atoms with E-state index in [-0.39, 0.29) is 23.2 Å². The molecule has 0 aliphatic carbocycles. The van der Waals surface area contributed by atoms with E-state index in [9.17, 15) is 9.36 Å². The molecule has 1 saturated heterocycles. The SMILES string of the molecule is CC(CCC(=O)C(C)C)OP1(=O)OCC(C)(C)CO1. The van der Waals surface area contributed by atoms with Crippen LogP contribution < -0.4 is 0 Å². The van der Waals surface area contributed by atoms with Crippen molar-refractivity contribution in [1.82, 2.24) is 0 Å². The highest BCUT2D eigenvalue weighted by Gasteiger charge is 2.39. The van der Waals surface area contributed by atoms with Crippen molar-refractivity contribution in [1.29, 1.82) is 0 Å². The van der Waals surface area contributed by atoms with Gasteiger partial charge in [-0.15, -0.1) is 0 Å². The van der Waals surface area contributed by atoms with Gasteiger partial charge in [0.25, 0.3) is 0 Å². The van der Waals surface area contributed by atoms with Crippen molar-refractivity contribution in [2.24, 2.45) is 11.3 Å². The third-order valence-electron chi connectivity index (χ3n) is 2.98. The van der Waals surface area contributed by atoms with E-state index in [1.165, 1.54) is 0 Å². The highest BCUT2D eigenvalue weighted by Crippen LogP contribution is 2.55. The molecule has 0 spiro atoms. The van der Waals surface area contributed by atoms with Gasteiger partial charge in [-0.25, -0.2) is 4.57 Å². The van der Waals surface area contributed by atoms with Crippen LogP contribution in [-0.4, -0.2) is 25.1 Å². The molecule has 6 heteroatoms. The zero-order chi connectivity index (χ0) is 14.7. The molecule has 0 N–H and O–H groups in total. The minimum absolute atomic E-state index is 0.0196. The lowest BCUT2D eigenvalue weighted by atomic mass is 9.97. The number of carbonyl (C=O) groups excluding carboxylic acids is 1. The van der Waals surface area contributed by atoms with Crippen molar-refractivity contribution in [2.75, 3.05) is 13.2 Å². The molecule has 1 fully saturated rings. The van der Waals surface area contributed by atoms with Crippen LogP contribution in [0.5, 0.6) is 0 Å². The standard InChI is InChI=1S/C13H25O5P/c1-10(2)12(14)7-6-11(3)18-19(15)16-8-13(4,5)9-17-19/h10-11H,6-9H2,1-5H3. The molecule has 1 aliphatic rings. The van der Waals surface area contributed by atoms with E-state index in [1.807, 2.05) is 27.7 Å². The predicted molar refractivity (Wildman–Crippen MR) is 72.9 cm³/mol. The molecular formula is C13H25O5P. The largest absolute Gasteiger partial charge is 0.475 e. The molecule has 1 atom stereocenters. The van der Waals surface area contributed by atoms with Crippen LogP contribution in [0.2, 0.25) is 0 Å². The van der Waals surface area contributed by atoms with Gasteiger partial charge in [0, 0.05) is 17.8 Å². The van der Waals surface area contributed by atoms with Gasteiger partial charge in [0.1, 0.15) is 5.78 Å². The maximum absolute atomic E-state index is 12.2. The third kappa shape index (κ3) is 5.74. The van der Waals surface area contributed by atoms with Crippen molar-refractivity contribution in [2.45, 2.75) is 53.6 Å². The Hall–Kier alpha value is -0.220. The molecule has 0 amide bonds. The van der Waals surface area contributed by atoms with E-state index in [4.69, 9.17) is 13.6 Å². The minimum atomic E-state index is -3.44. The highest BCUT2D eigenvalue weighted by atomic mass is 31.2. The lowest BCUT2D eigenvalue weighted by Crippen LogP contribution is -2.30. The number of hydrogen-bond acceptors (Lipinski definition) is 5. The Labute approximate surface area is 115 Å². The fourth-order valence-electron chi connectivity index (χ4n) is 1.55. The average Bonchev–Trinajstić information content (AvgIpc) is 2.30. The number of rotatable bonds is 6. The van der Waals surface area contributed by atoms with Crippen LogP contribution >= 0.6 is 7.82 Å². The Morgan fingerprint density at radius 2 is 1.79 bits per heavy atom. The minimum Gasteiger partial charge on any atom is -0.299 e. The number of hydrogen-bond donors (Lipinski definition) is 0. The van der Waals surface area contributed by atoms with Crippen LogP contribution in [0.3, 0.4) is 0 Å². The van der Waals surface area contributed by atoms with Crippen LogP contribution in [-0.2, 0) is 22.9 Å². The van der Waals surface area contributed by atoms with Gasteiger partial charge in [-0.3, -0.25) is 18.4 Å². The van der Waals surface area contributed by atoms with Crippen molar-refractivity contribution in [3.8, 4) is 0 Å². The molecule has 5 nitrogen and oxygen atoms in total. The van der Waals surface area contributed by atoms with Gasteiger partial charge >= 0.3 is 7.82 Å². The van der Waals surface area contributed by atoms with Gasteiger partial charge in [-0.1, -0.05) is 27.7 Å². The lowest BCUT2D eigenvalue weighted by molar-refractivity contribution is -0.122. The maximum Gasteiger partial charge on any atom is 0.475 e. The van der Waals surface area contributed by atoms with E-state index in [0.29, 0.717) is 26.1 Å². The molecule has 1 heterocycles. The Bertz CT molecular complexity index is 350. The Morgan fingerprint density at radius 3 is 2.26 bits per heavy atom. The molecule has 1 rings (SSSR count). The summed E-state index contributed by atoms with van der Waals surface area (Å²) in [6.45, 7) is 10.2. The molecule has 1 aliphatic heterocycles. The van der Waals surface area contributed by atoms with E-state index in [2.05, 4.69) is 0 Å². The van der Waals surface area contributed by atoms with Crippen molar-refractivity contribution in [3.05, 3.63) is 0 Å². The summed E-state index contributed by atoms with van der Waals surface area (Å²) in [7, 11) is -3.44. The van der Waals surface area contributed by atoms with Crippen LogP contribution in [0.15, 0.2) is 0 Å². The topological polar surface area (TPSA) is 61.8 Å². The zero-order valence-corrected chi connectivity index (χ0v) is 13.4. The van der Waals surface area contributed by atoms with Gasteiger partial charge in [0.05, 0.1) is 19.3 Å². The van der Waals surface area contributed by atoms with Crippen LogP contribution in [0.4, 0.5) is 0 Å². The number of Topliss-reactive ketones (excluding diaryl/α,β-unsaturated/α-hetero) is 1. The second-order valence-electron chi connectivity index (χ2n) is 6.23. The quantitative estimate of drug-likeness (QED) is 0.700. The first kappa shape index (κ1) is 16.8. The maximum atomic E-state index is 12.2. The van der Waals surface area contributed by atoms with Gasteiger partial charge < -0.3 is 0 Å². The Balaban J connectivity index is 2.38. The molecule has 112 valence electrons. The molecule has 0 aromatic carbocycles. The van der Waals surface area contributed by atoms with Crippen LogP contribution in [0.1, 0.15) is 47.5 Å². The summed E-state index contributed by atoms with van der Waals surface area (Å²) in [4.78, 5) is 11.5.